The van der Waals surface area contributed by atoms with E-state index in [0.717, 1.165) is 11.3 Å². The van der Waals surface area contributed by atoms with E-state index in [4.69, 9.17) is 4.74 Å². The van der Waals surface area contributed by atoms with Crippen LogP contribution >= 0.6 is 15.9 Å². The third kappa shape index (κ3) is 3.45. The van der Waals surface area contributed by atoms with Gasteiger partial charge in [0.2, 0.25) is 5.88 Å². The summed E-state index contributed by atoms with van der Waals surface area (Å²) >= 11 is 3.18. The van der Waals surface area contributed by atoms with Gasteiger partial charge in [0.25, 0.3) is 5.69 Å². The molecule has 0 amide bonds. The second-order valence-electron chi connectivity index (χ2n) is 3.99. The maximum Gasteiger partial charge on any atom is 0.283 e. The van der Waals surface area contributed by atoms with Crippen LogP contribution in [0.15, 0.2) is 41.0 Å². The van der Waals surface area contributed by atoms with Crippen LogP contribution in [-0.4, -0.2) is 17.0 Å². The molecule has 0 bridgehead atoms. The van der Waals surface area contributed by atoms with Crippen LogP contribution in [0.2, 0.25) is 0 Å². The van der Waals surface area contributed by atoms with Gasteiger partial charge in [0.1, 0.15) is 0 Å². The molecule has 0 saturated heterocycles. The van der Waals surface area contributed by atoms with E-state index in [-0.39, 0.29) is 5.69 Å². The Morgan fingerprint density at radius 3 is 2.75 bits per heavy atom. The molecule has 0 unspecified atom stereocenters. The van der Waals surface area contributed by atoms with Crippen molar-refractivity contribution in [2.75, 3.05) is 12.4 Å². The molecule has 0 spiro atoms. The molecule has 7 heteroatoms. The lowest BCUT2D eigenvalue weighted by atomic mass is 10.2. The number of halogens is 1. The van der Waals surface area contributed by atoms with Gasteiger partial charge in [0.15, 0.2) is 0 Å². The summed E-state index contributed by atoms with van der Waals surface area (Å²) < 4.78 is 5.43. The summed E-state index contributed by atoms with van der Waals surface area (Å²) in [5, 5.41) is 13.9. The Morgan fingerprint density at radius 1 is 1.40 bits per heavy atom. The van der Waals surface area contributed by atoms with Crippen molar-refractivity contribution in [3.8, 4) is 5.88 Å². The third-order valence-corrected chi connectivity index (χ3v) is 3.28. The Morgan fingerprint density at radius 2 is 2.20 bits per heavy atom. The Kier molecular flexibility index (Phi) is 4.52. The summed E-state index contributed by atoms with van der Waals surface area (Å²) in [6, 6.07) is 8.48. The van der Waals surface area contributed by atoms with Gasteiger partial charge in [-0.25, -0.2) is 4.98 Å². The fourth-order valence-corrected chi connectivity index (χ4v) is 2.13. The highest BCUT2D eigenvalue weighted by molar-refractivity contribution is 9.10. The standard InChI is InChI=1S/C13H12BrN3O3/c1-20-13-5-2-9(8-16-13)7-15-10-3-4-12(17(18)19)11(14)6-10/h2-6,8,15H,7H2,1H3. The van der Waals surface area contributed by atoms with E-state index >= 15 is 0 Å². The van der Waals surface area contributed by atoms with Gasteiger partial charge in [0.05, 0.1) is 16.5 Å². The van der Waals surface area contributed by atoms with Crippen LogP contribution in [0.5, 0.6) is 5.88 Å². The largest absolute Gasteiger partial charge is 0.481 e. The molecule has 0 atom stereocenters. The molecule has 6 nitrogen and oxygen atoms in total. The second kappa shape index (κ2) is 6.33. The maximum absolute atomic E-state index is 10.7. The number of hydrogen-bond donors (Lipinski definition) is 1. The molecule has 1 aromatic carbocycles. The minimum Gasteiger partial charge on any atom is -0.481 e. The van der Waals surface area contributed by atoms with E-state index < -0.39 is 4.92 Å². The normalized spacial score (nSPS) is 10.1. The first-order valence-corrected chi connectivity index (χ1v) is 6.56. The number of benzene rings is 1. The van der Waals surface area contributed by atoms with Crippen molar-refractivity contribution in [2.45, 2.75) is 6.54 Å². The van der Waals surface area contributed by atoms with Gasteiger partial charge in [-0.3, -0.25) is 10.1 Å². The van der Waals surface area contributed by atoms with Crippen LogP contribution in [0.4, 0.5) is 11.4 Å². The number of nitrogens with zero attached hydrogens (tertiary/aromatic N) is 2. The van der Waals surface area contributed by atoms with Crippen molar-refractivity contribution in [1.29, 1.82) is 0 Å². The number of methoxy groups -OCH3 is 1. The monoisotopic (exact) mass is 337 g/mol. The Balaban J connectivity index is 2.03. The van der Waals surface area contributed by atoms with Gasteiger partial charge in [-0.05, 0) is 33.6 Å². The lowest BCUT2D eigenvalue weighted by molar-refractivity contribution is -0.385. The van der Waals surface area contributed by atoms with Gasteiger partial charge in [-0.2, -0.15) is 0 Å². The van der Waals surface area contributed by atoms with Crippen LogP contribution < -0.4 is 10.1 Å². The van der Waals surface area contributed by atoms with Crippen molar-refractivity contribution < 1.29 is 9.66 Å². The van der Waals surface area contributed by atoms with Gasteiger partial charge in [-0.15, -0.1) is 0 Å². The number of nitro benzene ring substituents is 1. The molecule has 1 heterocycles. The smallest absolute Gasteiger partial charge is 0.283 e. The predicted octanol–water partition coefficient (Wildman–Crippen LogP) is 3.37. The first-order valence-electron chi connectivity index (χ1n) is 5.77. The molecule has 1 aromatic heterocycles. The van der Waals surface area contributed by atoms with Crippen LogP contribution in [-0.2, 0) is 6.54 Å². The van der Waals surface area contributed by atoms with Gasteiger partial charge >= 0.3 is 0 Å². The number of pyridine rings is 1. The second-order valence-corrected chi connectivity index (χ2v) is 4.84. The van der Waals surface area contributed by atoms with E-state index in [2.05, 4.69) is 26.2 Å². The highest BCUT2D eigenvalue weighted by atomic mass is 79.9. The minimum atomic E-state index is -0.429. The molecule has 2 aromatic rings. The van der Waals surface area contributed by atoms with E-state index in [0.29, 0.717) is 16.9 Å². The molecular weight excluding hydrogens is 326 g/mol. The molecule has 0 aliphatic heterocycles. The molecule has 0 aliphatic rings. The molecule has 2 rings (SSSR count). The average Bonchev–Trinajstić information content (AvgIpc) is 2.45. The predicted molar refractivity (Wildman–Crippen MR) is 78.9 cm³/mol. The summed E-state index contributed by atoms with van der Waals surface area (Å²) in [6.45, 7) is 0.571. The number of nitrogens with one attached hydrogen (secondary N) is 1. The molecule has 0 radical (unpaired) electrons. The van der Waals surface area contributed by atoms with Crippen molar-refractivity contribution in [3.63, 3.8) is 0 Å². The quantitative estimate of drug-likeness (QED) is 0.668. The number of ether oxygens (including phenoxy) is 1. The van der Waals surface area contributed by atoms with E-state index in [1.54, 1.807) is 31.5 Å². The van der Waals surface area contributed by atoms with Crippen molar-refractivity contribution in [2.24, 2.45) is 0 Å². The Bertz CT molecular complexity index is 617. The summed E-state index contributed by atoms with van der Waals surface area (Å²) in [5.74, 6) is 0.562. The zero-order chi connectivity index (χ0) is 14.5. The number of anilines is 1. The Labute approximate surface area is 124 Å². The van der Waals surface area contributed by atoms with Crippen LogP contribution in [0, 0.1) is 10.1 Å². The molecule has 1 N–H and O–H groups in total. The van der Waals surface area contributed by atoms with E-state index in [9.17, 15) is 10.1 Å². The first kappa shape index (κ1) is 14.3. The number of hydrogen-bond acceptors (Lipinski definition) is 5. The Hall–Kier alpha value is -2.15. The summed E-state index contributed by atoms with van der Waals surface area (Å²) in [4.78, 5) is 14.4. The molecule has 0 saturated carbocycles. The van der Waals surface area contributed by atoms with E-state index in [1.165, 1.54) is 6.07 Å². The topological polar surface area (TPSA) is 77.3 Å². The molecule has 104 valence electrons. The first-order chi connectivity index (χ1) is 9.60. The molecular formula is C13H12BrN3O3. The zero-order valence-corrected chi connectivity index (χ0v) is 12.3. The van der Waals surface area contributed by atoms with Crippen molar-refractivity contribution in [1.82, 2.24) is 4.98 Å². The lowest BCUT2D eigenvalue weighted by Crippen LogP contribution is -2.00. The zero-order valence-electron chi connectivity index (χ0n) is 10.7. The summed E-state index contributed by atoms with van der Waals surface area (Å²) in [5.41, 5.74) is 1.82. The van der Waals surface area contributed by atoms with Crippen LogP contribution in [0.25, 0.3) is 0 Å². The minimum absolute atomic E-state index is 0.0432. The van der Waals surface area contributed by atoms with Crippen molar-refractivity contribution >= 4 is 27.3 Å². The van der Waals surface area contributed by atoms with Gasteiger partial charge < -0.3 is 10.1 Å². The summed E-state index contributed by atoms with van der Waals surface area (Å²) in [7, 11) is 1.56. The average molecular weight is 338 g/mol. The third-order valence-electron chi connectivity index (χ3n) is 2.65. The SMILES string of the molecule is COc1ccc(CNc2ccc([N+](=O)[O-])c(Br)c2)cn1. The molecule has 20 heavy (non-hydrogen) atoms. The number of nitro groups is 1. The molecule has 0 aliphatic carbocycles. The summed E-state index contributed by atoms with van der Waals surface area (Å²) in [6.07, 6.45) is 1.71. The van der Waals surface area contributed by atoms with Gasteiger partial charge in [-0.1, -0.05) is 6.07 Å². The highest BCUT2D eigenvalue weighted by Gasteiger charge is 2.11. The molecule has 0 fully saturated rings. The van der Waals surface area contributed by atoms with Gasteiger partial charge in [0, 0.05) is 30.6 Å². The maximum atomic E-state index is 10.7. The highest BCUT2D eigenvalue weighted by Crippen LogP contribution is 2.27. The number of rotatable bonds is 5. The van der Waals surface area contributed by atoms with Crippen LogP contribution in [0.1, 0.15) is 5.56 Å². The van der Waals surface area contributed by atoms with Crippen LogP contribution in [0.3, 0.4) is 0 Å². The number of aromatic nitrogens is 1. The van der Waals surface area contributed by atoms with E-state index in [1.807, 2.05) is 6.07 Å². The van der Waals surface area contributed by atoms with Crippen molar-refractivity contribution in [3.05, 3.63) is 56.7 Å². The fraction of sp³-hybridized carbons (Fsp3) is 0.154. The fourth-order valence-electron chi connectivity index (χ4n) is 1.61. The lowest BCUT2D eigenvalue weighted by Gasteiger charge is -2.07.